The molecule has 0 radical (unpaired) electrons. The van der Waals surface area contributed by atoms with E-state index < -0.39 is 23.1 Å². The number of carbonyl (C=O) groups is 1. The van der Waals surface area contributed by atoms with Crippen LogP contribution in [0, 0.1) is 10.1 Å². The van der Waals surface area contributed by atoms with Crippen LogP contribution in [0.25, 0.3) is 0 Å². The first kappa shape index (κ1) is 16.9. The molecule has 3 rings (SSSR count). The van der Waals surface area contributed by atoms with Crippen molar-refractivity contribution < 1.29 is 14.8 Å². The van der Waals surface area contributed by atoms with Crippen LogP contribution in [0.1, 0.15) is 22.7 Å². The number of fused-ring (bicyclic) bond motifs is 1. The number of nitro groups is 1. The van der Waals surface area contributed by atoms with E-state index in [1.165, 1.54) is 6.07 Å². The number of rotatable bonds is 5. The van der Waals surface area contributed by atoms with Crippen molar-refractivity contribution in [1.29, 1.82) is 0 Å². The van der Waals surface area contributed by atoms with Crippen molar-refractivity contribution in [2.24, 2.45) is 0 Å². The molecule has 0 heterocycles. The van der Waals surface area contributed by atoms with Gasteiger partial charge in [0.15, 0.2) is 0 Å². The van der Waals surface area contributed by atoms with E-state index in [4.69, 9.17) is 0 Å². The number of hydrogen-bond donors (Lipinski definition) is 3. The number of urea groups is 1. The van der Waals surface area contributed by atoms with Crippen LogP contribution >= 0.6 is 0 Å². The first-order valence-corrected chi connectivity index (χ1v) is 8.09. The fraction of sp³-hybridized carbons (Fsp3) is 0.278. The molecule has 1 aliphatic rings. The zero-order valence-electron chi connectivity index (χ0n) is 13.5. The van der Waals surface area contributed by atoms with E-state index in [9.17, 15) is 20.0 Å². The zero-order chi connectivity index (χ0) is 17.8. The standard InChI is InChI=1S/C18H19N3O4/c22-16-11-13-6-1-3-7-14(13)17(16)20-18(23)19-10-9-12-5-2-4-8-15(12)21(24)25/h1-8,16-17,22H,9-11H2,(H2,19,20,23)/t16-,17+/m0/s1. The summed E-state index contributed by atoms with van der Waals surface area (Å²) < 4.78 is 0. The van der Waals surface area contributed by atoms with Gasteiger partial charge in [-0.1, -0.05) is 42.5 Å². The van der Waals surface area contributed by atoms with Crippen molar-refractivity contribution in [2.75, 3.05) is 6.54 Å². The molecule has 0 unspecified atom stereocenters. The van der Waals surface area contributed by atoms with Crippen LogP contribution in [0.3, 0.4) is 0 Å². The minimum atomic E-state index is -0.654. The molecule has 0 fully saturated rings. The van der Waals surface area contributed by atoms with Crippen LogP contribution in [-0.4, -0.2) is 28.7 Å². The highest BCUT2D eigenvalue weighted by atomic mass is 16.6. The maximum atomic E-state index is 12.1. The van der Waals surface area contributed by atoms with Crippen molar-refractivity contribution in [3.05, 3.63) is 75.3 Å². The number of amides is 2. The van der Waals surface area contributed by atoms with E-state index in [2.05, 4.69) is 10.6 Å². The fourth-order valence-corrected chi connectivity index (χ4v) is 3.15. The van der Waals surface area contributed by atoms with Gasteiger partial charge in [0.2, 0.25) is 0 Å². The molecule has 0 aliphatic heterocycles. The highest BCUT2D eigenvalue weighted by molar-refractivity contribution is 5.74. The summed E-state index contributed by atoms with van der Waals surface area (Å²) >= 11 is 0. The van der Waals surface area contributed by atoms with Crippen LogP contribution in [0.4, 0.5) is 10.5 Å². The predicted octanol–water partition coefficient (Wildman–Crippen LogP) is 2.09. The highest BCUT2D eigenvalue weighted by Crippen LogP contribution is 2.31. The number of nitrogens with one attached hydrogen (secondary N) is 2. The molecule has 25 heavy (non-hydrogen) atoms. The largest absolute Gasteiger partial charge is 0.390 e. The molecular formula is C18H19N3O4. The van der Waals surface area contributed by atoms with Crippen molar-refractivity contribution >= 4 is 11.7 Å². The number of carbonyl (C=O) groups excluding carboxylic acids is 1. The molecule has 7 heteroatoms. The lowest BCUT2D eigenvalue weighted by molar-refractivity contribution is -0.385. The molecule has 2 aromatic carbocycles. The number of nitrogens with zero attached hydrogens (tertiary/aromatic N) is 1. The lowest BCUT2D eigenvalue weighted by atomic mass is 10.1. The summed E-state index contributed by atoms with van der Waals surface area (Å²) in [6, 6.07) is 13.2. The van der Waals surface area contributed by atoms with Crippen molar-refractivity contribution in [1.82, 2.24) is 10.6 Å². The topological polar surface area (TPSA) is 104 Å². The van der Waals surface area contributed by atoms with Crippen molar-refractivity contribution in [3.8, 4) is 0 Å². The first-order valence-electron chi connectivity index (χ1n) is 8.09. The SMILES string of the molecule is O=C(NCCc1ccccc1[N+](=O)[O-])N[C@@H]1c2ccccc2C[C@@H]1O. The summed E-state index contributed by atoms with van der Waals surface area (Å²) in [5, 5.41) is 26.6. The molecular weight excluding hydrogens is 322 g/mol. The molecule has 2 atom stereocenters. The average Bonchev–Trinajstić information content (AvgIpc) is 2.91. The molecule has 3 N–H and O–H groups in total. The zero-order valence-corrected chi connectivity index (χ0v) is 13.5. The smallest absolute Gasteiger partial charge is 0.315 e. The van der Waals surface area contributed by atoms with Crippen molar-refractivity contribution in [3.63, 3.8) is 0 Å². The Morgan fingerprint density at radius 1 is 1.20 bits per heavy atom. The van der Waals surface area contributed by atoms with Gasteiger partial charge >= 0.3 is 6.03 Å². The molecule has 0 saturated carbocycles. The number of aliphatic hydroxyl groups excluding tert-OH is 1. The number of para-hydroxylation sites is 1. The number of nitro benzene ring substituents is 1. The monoisotopic (exact) mass is 341 g/mol. The Kier molecular flexibility index (Phi) is 4.95. The van der Waals surface area contributed by atoms with Crippen LogP contribution < -0.4 is 10.6 Å². The summed E-state index contributed by atoms with van der Waals surface area (Å²) in [6.07, 6.45) is 0.212. The summed E-state index contributed by atoms with van der Waals surface area (Å²) in [5.41, 5.74) is 2.56. The Morgan fingerprint density at radius 2 is 1.92 bits per heavy atom. The molecule has 0 saturated heterocycles. The van der Waals surface area contributed by atoms with Crippen molar-refractivity contribution in [2.45, 2.75) is 25.0 Å². The van der Waals surface area contributed by atoms with E-state index in [1.807, 2.05) is 24.3 Å². The maximum absolute atomic E-state index is 12.1. The normalized spacial score (nSPS) is 18.4. The molecule has 0 aromatic heterocycles. The Bertz CT molecular complexity index is 793. The van der Waals surface area contributed by atoms with Gasteiger partial charge in [-0.25, -0.2) is 4.79 Å². The van der Waals surface area contributed by atoms with Gasteiger partial charge in [-0.3, -0.25) is 10.1 Å². The first-order chi connectivity index (χ1) is 12.1. The minimum Gasteiger partial charge on any atom is -0.390 e. The van der Waals surface area contributed by atoms with Gasteiger partial charge < -0.3 is 15.7 Å². The molecule has 2 aromatic rings. The molecule has 7 nitrogen and oxygen atoms in total. The van der Waals surface area contributed by atoms with Gasteiger partial charge in [-0.2, -0.15) is 0 Å². The van der Waals surface area contributed by atoms with Crippen LogP contribution in [-0.2, 0) is 12.8 Å². The highest BCUT2D eigenvalue weighted by Gasteiger charge is 2.31. The van der Waals surface area contributed by atoms with Crippen LogP contribution in [0.2, 0.25) is 0 Å². The fourth-order valence-electron chi connectivity index (χ4n) is 3.15. The third-order valence-electron chi connectivity index (χ3n) is 4.36. The van der Waals surface area contributed by atoms with Crippen LogP contribution in [0.5, 0.6) is 0 Å². The Balaban J connectivity index is 1.55. The summed E-state index contributed by atoms with van der Waals surface area (Å²) in [6.45, 7) is 0.265. The van der Waals surface area contributed by atoms with Gasteiger partial charge in [0.1, 0.15) is 0 Å². The van der Waals surface area contributed by atoms with Gasteiger partial charge in [0.05, 0.1) is 17.1 Å². The van der Waals surface area contributed by atoms with Gasteiger partial charge in [-0.15, -0.1) is 0 Å². The summed E-state index contributed by atoms with van der Waals surface area (Å²) in [5.74, 6) is 0. The summed E-state index contributed by atoms with van der Waals surface area (Å²) in [4.78, 5) is 22.6. The van der Waals surface area contributed by atoms with E-state index >= 15 is 0 Å². The minimum absolute atomic E-state index is 0.0462. The maximum Gasteiger partial charge on any atom is 0.315 e. The molecule has 0 bridgehead atoms. The Hall–Kier alpha value is -2.93. The molecule has 1 aliphatic carbocycles. The van der Waals surface area contributed by atoms with E-state index in [-0.39, 0.29) is 12.2 Å². The van der Waals surface area contributed by atoms with Gasteiger partial charge in [0.25, 0.3) is 5.69 Å². The lowest BCUT2D eigenvalue weighted by Gasteiger charge is -2.18. The number of hydrogen-bond acceptors (Lipinski definition) is 4. The second-order valence-electron chi connectivity index (χ2n) is 5.98. The van der Waals surface area contributed by atoms with E-state index in [0.717, 1.165) is 11.1 Å². The second-order valence-corrected chi connectivity index (χ2v) is 5.98. The number of benzene rings is 2. The molecule has 130 valence electrons. The third kappa shape index (κ3) is 3.77. The molecule has 0 spiro atoms. The summed E-state index contributed by atoms with van der Waals surface area (Å²) in [7, 11) is 0. The predicted molar refractivity (Wildman–Crippen MR) is 92.2 cm³/mol. The van der Waals surface area contributed by atoms with Gasteiger partial charge in [0, 0.05) is 24.6 Å². The Labute approximate surface area is 144 Å². The number of aliphatic hydroxyl groups is 1. The second kappa shape index (κ2) is 7.31. The Morgan fingerprint density at radius 3 is 2.72 bits per heavy atom. The van der Waals surface area contributed by atoms with E-state index in [0.29, 0.717) is 18.4 Å². The quantitative estimate of drug-likeness (QED) is 0.572. The van der Waals surface area contributed by atoms with E-state index in [1.54, 1.807) is 18.2 Å². The third-order valence-corrected chi connectivity index (χ3v) is 4.36. The average molecular weight is 341 g/mol. The lowest BCUT2D eigenvalue weighted by Crippen LogP contribution is -2.41. The molecule has 2 amide bonds. The van der Waals surface area contributed by atoms with Gasteiger partial charge in [-0.05, 0) is 17.5 Å². The van der Waals surface area contributed by atoms with Crippen LogP contribution in [0.15, 0.2) is 48.5 Å².